The maximum Gasteiger partial charge on any atom is 0.416 e. The standard InChI is InChI=1S/C25H25F3N6O/c26-25(27,28)17-7-4-6-16(13-17)24(35)34-19-10-3-5-15(11-19)12-20(29)21-22(30)31-14-32-23(21)33-18-8-1-2-9-18/h3-7,10-11,13-14,18,29H,1-2,8-9,12H2,(H,34,35)(H3,30,31,32,33). The highest BCUT2D eigenvalue weighted by Gasteiger charge is 2.31. The number of hydrogen-bond acceptors (Lipinski definition) is 6. The molecule has 7 nitrogen and oxygen atoms in total. The smallest absolute Gasteiger partial charge is 0.383 e. The number of anilines is 3. The summed E-state index contributed by atoms with van der Waals surface area (Å²) in [6.45, 7) is 0. The zero-order valence-corrected chi connectivity index (χ0v) is 18.8. The Hall–Kier alpha value is -3.95. The third-order valence-electron chi connectivity index (χ3n) is 5.89. The quantitative estimate of drug-likeness (QED) is 0.341. The van der Waals surface area contributed by atoms with E-state index in [0.717, 1.165) is 37.8 Å². The molecule has 1 aromatic heterocycles. The van der Waals surface area contributed by atoms with Crippen LogP contribution in [0.5, 0.6) is 0 Å². The maximum atomic E-state index is 13.0. The fraction of sp³-hybridized carbons (Fsp3) is 0.280. The number of nitrogens with two attached hydrogens (primary N) is 1. The van der Waals surface area contributed by atoms with E-state index < -0.39 is 17.6 Å². The Balaban J connectivity index is 1.48. The summed E-state index contributed by atoms with van der Waals surface area (Å²) in [5.41, 5.74) is 6.86. The minimum Gasteiger partial charge on any atom is -0.383 e. The third-order valence-corrected chi connectivity index (χ3v) is 5.89. The lowest BCUT2D eigenvalue weighted by Gasteiger charge is -2.17. The second-order valence-electron chi connectivity index (χ2n) is 8.50. The topological polar surface area (TPSA) is 117 Å². The first kappa shape index (κ1) is 24.2. The lowest BCUT2D eigenvalue weighted by Crippen LogP contribution is -2.20. The Morgan fingerprint density at radius 2 is 1.83 bits per heavy atom. The van der Waals surface area contributed by atoms with Crippen molar-refractivity contribution in [2.24, 2.45) is 0 Å². The number of halogens is 3. The third kappa shape index (κ3) is 5.95. The van der Waals surface area contributed by atoms with Crippen LogP contribution in [0.25, 0.3) is 0 Å². The van der Waals surface area contributed by atoms with E-state index in [1.165, 1.54) is 18.5 Å². The van der Waals surface area contributed by atoms with Crippen molar-refractivity contribution in [3.63, 3.8) is 0 Å². The number of carbonyl (C=O) groups is 1. The van der Waals surface area contributed by atoms with Crippen molar-refractivity contribution < 1.29 is 18.0 Å². The summed E-state index contributed by atoms with van der Waals surface area (Å²) in [6.07, 6.45) is 1.38. The Bertz CT molecular complexity index is 1240. The first-order chi connectivity index (χ1) is 16.7. The predicted molar refractivity (Wildman–Crippen MR) is 129 cm³/mol. The molecule has 2 aromatic carbocycles. The van der Waals surface area contributed by atoms with Gasteiger partial charge in [0.1, 0.15) is 18.0 Å². The average molecular weight is 483 g/mol. The van der Waals surface area contributed by atoms with Gasteiger partial charge in [-0.1, -0.05) is 31.0 Å². The fourth-order valence-electron chi connectivity index (χ4n) is 4.16. The number of benzene rings is 2. The highest BCUT2D eigenvalue weighted by Crippen LogP contribution is 2.30. The lowest BCUT2D eigenvalue weighted by atomic mass is 10.0. The van der Waals surface area contributed by atoms with Gasteiger partial charge in [-0.05, 0) is 48.7 Å². The van der Waals surface area contributed by atoms with Crippen LogP contribution in [-0.4, -0.2) is 27.6 Å². The SMILES string of the molecule is N=C(Cc1cccc(NC(=O)c2cccc(C(F)(F)F)c2)c1)c1c(N)ncnc1NC1CCCC1. The van der Waals surface area contributed by atoms with Crippen LogP contribution in [0.2, 0.25) is 0 Å². The summed E-state index contributed by atoms with van der Waals surface area (Å²) in [5.74, 6) is 0.0787. The van der Waals surface area contributed by atoms with Crippen molar-refractivity contribution >= 4 is 28.9 Å². The Kier molecular flexibility index (Phi) is 6.99. The molecule has 0 saturated heterocycles. The van der Waals surface area contributed by atoms with Crippen LogP contribution in [0.3, 0.4) is 0 Å². The highest BCUT2D eigenvalue weighted by atomic mass is 19.4. The molecule has 0 spiro atoms. The molecule has 10 heteroatoms. The average Bonchev–Trinajstić information content (AvgIpc) is 3.32. The second kappa shape index (κ2) is 10.1. The van der Waals surface area contributed by atoms with E-state index >= 15 is 0 Å². The van der Waals surface area contributed by atoms with Crippen LogP contribution in [0, 0.1) is 5.41 Å². The molecular formula is C25H25F3N6O. The molecule has 1 aliphatic carbocycles. The van der Waals surface area contributed by atoms with E-state index in [0.29, 0.717) is 22.6 Å². The van der Waals surface area contributed by atoms with E-state index in [-0.39, 0.29) is 29.6 Å². The molecule has 0 radical (unpaired) electrons. The molecule has 0 aliphatic heterocycles. The van der Waals surface area contributed by atoms with Crippen molar-refractivity contribution in [3.8, 4) is 0 Å². The van der Waals surface area contributed by atoms with Gasteiger partial charge >= 0.3 is 6.18 Å². The lowest BCUT2D eigenvalue weighted by molar-refractivity contribution is -0.137. The van der Waals surface area contributed by atoms with E-state index in [1.54, 1.807) is 24.3 Å². The minimum absolute atomic E-state index is 0.102. The number of carbonyl (C=O) groups excluding carboxylic acids is 1. The number of rotatable bonds is 7. The van der Waals surface area contributed by atoms with Crippen molar-refractivity contribution in [3.05, 3.63) is 77.1 Å². The summed E-state index contributed by atoms with van der Waals surface area (Å²) in [7, 11) is 0. The van der Waals surface area contributed by atoms with Gasteiger partial charge in [-0.25, -0.2) is 9.97 Å². The van der Waals surface area contributed by atoms with Gasteiger partial charge in [0.05, 0.1) is 16.8 Å². The molecule has 3 aromatic rings. The molecule has 1 fully saturated rings. The fourth-order valence-corrected chi connectivity index (χ4v) is 4.16. The van der Waals surface area contributed by atoms with Crippen LogP contribution in [0.1, 0.15) is 52.7 Å². The van der Waals surface area contributed by atoms with Crippen LogP contribution in [0.15, 0.2) is 54.9 Å². The number of hydrogen-bond donors (Lipinski definition) is 4. The first-order valence-electron chi connectivity index (χ1n) is 11.2. The number of nitrogens with zero attached hydrogens (tertiary/aromatic N) is 2. The van der Waals surface area contributed by atoms with E-state index in [2.05, 4.69) is 20.6 Å². The van der Waals surface area contributed by atoms with Crippen LogP contribution in [0.4, 0.5) is 30.5 Å². The predicted octanol–water partition coefficient (Wildman–Crippen LogP) is 5.29. The Labute approximate surface area is 200 Å². The van der Waals surface area contributed by atoms with Gasteiger partial charge in [0.15, 0.2) is 0 Å². The highest BCUT2D eigenvalue weighted by molar-refractivity contribution is 6.07. The molecule has 1 heterocycles. The summed E-state index contributed by atoms with van der Waals surface area (Å²) in [4.78, 5) is 20.9. The molecule has 0 atom stereocenters. The molecule has 35 heavy (non-hydrogen) atoms. The number of nitrogens with one attached hydrogen (secondary N) is 3. The summed E-state index contributed by atoms with van der Waals surface area (Å²) in [5, 5.41) is 14.7. The number of aromatic nitrogens is 2. The summed E-state index contributed by atoms with van der Waals surface area (Å²) >= 11 is 0. The summed E-state index contributed by atoms with van der Waals surface area (Å²) < 4.78 is 38.9. The monoisotopic (exact) mass is 482 g/mol. The van der Waals surface area contributed by atoms with Crippen LogP contribution in [-0.2, 0) is 12.6 Å². The molecule has 0 unspecified atom stereocenters. The van der Waals surface area contributed by atoms with Gasteiger partial charge in [-0.15, -0.1) is 0 Å². The van der Waals surface area contributed by atoms with Crippen molar-refractivity contribution in [2.45, 2.75) is 44.3 Å². The van der Waals surface area contributed by atoms with Gasteiger partial charge in [-0.3, -0.25) is 4.79 Å². The first-order valence-corrected chi connectivity index (χ1v) is 11.2. The second-order valence-corrected chi connectivity index (χ2v) is 8.50. The molecule has 0 bridgehead atoms. The Morgan fingerprint density at radius 1 is 1.09 bits per heavy atom. The van der Waals surface area contributed by atoms with Gasteiger partial charge in [0, 0.05) is 23.7 Å². The number of amides is 1. The minimum atomic E-state index is -4.54. The molecule has 1 saturated carbocycles. The van der Waals surface area contributed by atoms with E-state index in [9.17, 15) is 18.0 Å². The maximum absolute atomic E-state index is 13.0. The molecular weight excluding hydrogens is 457 g/mol. The zero-order chi connectivity index (χ0) is 25.0. The van der Waals surface area contributed by atoms with Gasteiger partial charge in [-0.2, -0.15) is 13.2 Å². The normalized spacial score (nSPS) is 14.0. The number of alkyl halides is 3. The summed E-state index contributed by atoms with van der Waals surface area (Å²) in [6, 6.07) is 11.3. The van der Waals surface area contributed by atoms with Crippen LogP contribution >= 0.6 is 0 Å². The van der Waals surface area contributed by atoms with E-state index in [1.807, 2.05) is 0 Å². The number of nitrogen functional groups attached to an aromatic ring is 1. The van der Waals surface area contributed by atoms with Crippen molar-refractivity contribution in [1.29, 1.82) is 5.41 Å². The molecule has 1 aliphatic rings. The van der Waals surface area contributed by atoms with Crippen molar-refractivity contribution in [2.75, 3.05) is 16.4 Å². The molecule has 5 N–H and O–H groups in total. The zero-order valence-electron chi connectivity index (χ0n) is 18.8. The van der Waals surface area contributed by atoms with Gasteiger partial charge in [0.2, 0.25) is 0 Å². The van der Waals surface area contributed by atoms with Gasteiger partial charge in [0.25, 0.3) is 5.91 Å². The molecule has 1 amide bonds. The largest absolute Gasteiger partial charge is 0.416 e. The molecule has 4 rings (SSSR count). The van der Waals surface area contributed by atoms with Crippen molar-refractivity contribution in [1.82, 2.24) is 9.97 Å². The van der Waals surface area contributed by atoms with Crippen LogP contribution < -0.4 is 16.4 Å². The van der Waals surface area contributed by atoms with Gasteiger partial charge < -0.3 is 21.8 Å². The Morgan fingerprint density at radius 3 is 2.57 bits per heavy atom. The molecule has 182 valence electrons. The van der Waals surface area contributed by atoms with E-state index in [4.69, 9.17) is 11.1 Å².